The number of rotatable bonds is 4. The Morgan fingerprint density at radius 3 is 2.50 bits per heavy atom. The smallest absolute Gasteiger partial charge is 0.237 e. The zero-order chi connectivity index (χ0) is 17.1. The quantitative estimate of drug-likeness (QED) is 0.925. The first-order valence-electron chi connectivity index (χ1n) is 8.55. The Hall–Kier alpha value is -2.21. The number of nitrogens with one attached hydrogen (secondary N) is 1. The molecule has 2 heterocycles. The van der Waals surface area contributed by atoms with Gasteiger partial charge in [0.05, 0.1) is 11.6 Å². The molecular weight excluding hydrogens is 302 g/mol. The molecule has 0 saturated carbocycles. The lowest BCUT2D eigenvalue weighted by Crippen LogP contribution is -2.54. The number of carbonyl (C=O) groups excluding carboxylic acids is 1. The fourth-order valence-electron chi connectivity index (χ4n) is 3.13. The number of amides is 1. The molecule has 0 radical (unpaired) electrons. The van der Waals surface area contributed by atoms with E-state index in [0.717, 1.165) is 42.9 Å². The third-order valence-electron chi connectivity index (χ3n) is 4.49. The number of fused-ring (bicyclic) bond motifs is 1. The second kappa shape index (κ2) is 7.13. The molecule has 24 heavy (non-hydrogen) atoms. The zero-order valence-electron chi connectivity index (χ0n) is 14.6. The van der Waals surface area contributed by atoms with Crippen LogP contribution in [0.2, 0.25) is 0 Å². The Balaban J connectivity index is 1.67. The number of piperazine rings is 1. The first-order chi connectivity index (χ1) is 11.6. The van der Waals surface area contributed by atoms with E-state index in [-0.39, 0.29) is 18.0 Å². The Morgan fingerprint density at radius 2 is 1.79 bits per heavy atom. The zero-order valence-corrected chi connectivity index (χ0v) is 14.6. The van der Waals surface area contributed by atoms with Gasteiger partial charge in [0, 0.05) is 37.6 Å². The number of benzene rings is 1. The first-order valence-corrected chi connectivity index (χ1v) is 8.55. The van der Waals surface area contributed by atoms with E-state index in [1.165, 1.54) is 0 Å². The van der Waals surface area contributed by atoms with Gasteiger partial charge in [0.15, 0.2) is 0 Å². The van der Waals surface area contributed by atoms with E-state index in [0.29, 0.717) is 0 Å². The van der Waals surface area contributed by atoms with Crippen LogP contribution in [0.1, 0.15) is 20.8 Å². The number of aromatic nitrogens is 2. The van der Waals surface area contributed by atoms with Crippen molar-refractivity contribution in [2.45, 2.75) is 32.9 Å². The summed E-state index contributed by atoms with van der Waals surface area (Å²) < 4.78 is 0. The summed E-state index contributed by atoms with van der Waals surface area (Å²) in [5, 5.41) is 4.07. The Bertz CT molecular complexity index is 704. The molecule has 0 aliphatic carbocycles. The first kappa shape index (κ1) is 16.6. The van der Waals surface area contributed by atoms with Crippen LogP contribution in [0.3, 0.4) is 0 Å². The van der Waals surface area contributed by atoms with Crippen LogP contribution in [0, 0.1) is 0 Å². The molecule has 3 rings (SSSR count). The average Bonchev–Trinajstić information content (AvgIpc) is 2.60. The van der Waals surface area contributed by atoms with Crippen molar-refractivity contribution in [3.8, 4) is 0 Å². The number of para-hydroxylation sites is 1. The van der Waals surface area contributed by atoms with Gasteiger partial charge in [0.2, 0.25) is 5.91 Å². The van der Waals surface area contributed by atoms with E-state index in [4.69, 9.17) is 0 Å². The predicted octanol–water partition coefficient (Wildman–Crippen LogP) is 1.66. The summed E-state index contributed by atoms with van der Waals surface area (Å²) in [5.74, 6) is 1.09. The van der Waals surface area contributed by atoms with E-state index in [1.54, 1.807) is 6.33 Å². The highest BCUT2D eigenvalue weighted by molar-refractivity contribution is 5.89. The molecule has 6 nitrogen and oxygen atoms in total. The van der Waals surface area contributed by atoms with Crippen LogP contribution < -0.4 is 10.2 Å². The summed E-state index contributed by atoms with van der Waals surface area (Å²) in [5.41, 5.74) is 0.967. The Kier molecular flexibility index (Phi) is 4.94. The van der Waals surface area contributed by atoms with Crippen molar-refractivity contribution in [2.24, 2.45) is 0 Å². The van der Waals surface area contributed by atoms with Gasteiger partial charge in [-0.1, -0.05) is 12.1 Å². The number of anilines is 1. The minimum atomic E-state index is -0.100. The summed E-state index contributed by atoms with van der Waals surface area (Å²) >= 11 is 0. The summed E-state index contributed by atoms with van der Waals surface area (Å²) in [6, 6.07) is 8.16. The van der Waals surface area contributed by atoms with E-state index >= 15 is 0 Å². The SMILES string of the molecule is CC(C)NC(=O)C(C)N1CCN(c2ncnc3ccccc23)CC1. The normalized spacial score (nSPS) is 17.2. The highest BCUT2D eigenvalue weighted by Crippen LogP contribution is 2.23. The van der Waals surface area contributed by atoms with Crippen LogP contribution in [-0.2, 0) is 4.79 Å². The van der Waals surface area contributed by atoms with Crippen LogP contribution in [0.5, 0.6) is 0 Å². The lowest BCUT2D eigenvalue weighted by Gasteiger charge is -2.38. The summed E-state index contributed by atoms with van der Waals surface area (Å²) in [6.07, 6.45) is 1.63. The molecule has 1 amide bonds. The molecule has 1 saturated heterocycles. The molecule has 1 atom stereocenters. The van der Waals surface area contributed by atoms with Crippen LogP contribution in [0.15, 0.2) is 30.6 Å². The fourth-order valence-corrected chi connectivity index (χ4v) is 3.13. The number of nitrogens with zero attached hydrogens (tertiary/aromatic N) is 4. The molecule has 1 aromatic heterocycles. The lowest BCUT2D eigenvalue weighted by molar-refractivity contribution is -0.126. The molecule has 1 aromatic carbocycles. The average molecular weight is 327 g/mol. The third kappa shape index (κ3) is 3.48. The van der Waals surface area contributed by atoms with Crippen molar-refractivity contribution < 1.29 is 4.79 Å². The second-order valence-electron chi connectivity index (χ2n) is 6.58. The monoisotopic (exact) mass is 327 g/mol. The van der Waals surface area contributed by atoms with Crippen LogP contribution in [-0.4, -0.2) is 59.0 Å². The van der Waals surface area contributed by atoms with Gasteiger partial charge >= 0.3 is 0 Å². The van der Waals surface area contributed by atoms with Crippen molar-refractivity contribution in [2.75, 3.05) is 31.1 Å². The Labute approximate surface area is 142 Å². The number of carbonyl (C=O) groups is 1. The molecule has 128 valence electrons. The number of hydrogen-bond donors (Lipinski definition) is 1. The highest BCUT2D eigenvalue weighted by atomic mass is 16.2. The molecule has 2 aromatic rings. The van der Waals surface area contributed by atoms with Crippen molar-refractivity contribution >= 4 is 22.6 Å². The predicted molar refractivity (Wildman–Crippen MR) is 96.1 cm³/mol. The van der Waals surface area contributed by atoms with Crippen LogP contribution in [0.25, 0.3) is 10.9 Å². The topological polar surface area (TPSA) is 61.4 Å². The highest BCUT2D eigenvalue weighted by Gasteiger charge is 2.26. The van der Waals surface area contributed by atoms with Crippen molar-refractivity contribution in [3.05, 3.63) is 30.6 Å². The molecule has 1 aliphatic rings. The maximum atomic E-state index is 12.2. The fraction of sp³-hybridized carbons (Fsp3) is 0.500. The van der Waals surface area contributed by atoms with Gasteiger partial charge in [-0.15, -0.1) is 0 Å². The summed E-state index contributed by atoms with van der Waals surface area (Å²) in [6.45, 7) is 9.38. The van der Waals surface area contributed by atoms with Crippen molar-refractivity contribution in [3.63, 3.8) is 0 Å². The van der Waals surface area contributed by atoms with Gasteiger partial charge in [-0.2, -0.15) is 0 Å². The molecule has 1 N–H and O–H groups in total. The minimum Gasteiger partial charge on any atom is -0.353 e. The van der Waals surface area contributed by atoms with E-state index < -0.39 is 0 Å². The van der Waals surface area contributed by atoms with Crippen LogP contribution >= 0.6 is 0 Å². The largest absolute Gasteiger partial charge is 0.353 e. The van der Waals surface area contributed by atoms with Gasteiger partial charge in [-0.25, -0.2) is 9.97 Å². The molecule has 0 bridgehead atoms. The minimum absolute atomic E-state index is 0.100. The molecule has 1 fully saturated rings. The molecular formula is C18H25N5O. The molecule has 0 spiro atoms. The maximum Gasteiger partial charge on any atom is 0.237 e. The lowest BCUT2D eigenvalue weighted by atomic mass is 10.2. The summed E-state index contributed by atoms with van der Waals surface area (Å²) in [4.78, 5) is 25.5. The summed E-state index contributed by atoms with van der Waals surface area (Å²) in [7, 11) is 0. The van der Waals surface area contributed by atoms with E-state index in [9.17, 15) is 4.79 Å². The van der Waals surface area contributed by atoms with Crippen LogP contribution in [0.4, 0.5) is 5.82 Å². The van der Waals surface area contributed by atoms with Gasteiger partial charge in [0.25, 0.3) is 0 Å². The van der Waals surface area contributed by atoms with Gasteiger partial charge < -0.3 is 10.2 Å². The third-order valence-corrected chi connectivity index (χ3v) is 4.49. The molecule has 1 aliphatic heterocycles. The maximum absolute atomic E-state index is 12.2. The van der Waals surface area contributed by atoms with Gasteiger partial charge in [0.1, 0.15) is 12.1 Å². The van der Waals surface area contributed by atoms with Gasteiger partial charge in [-0.3, -0.25) is 9.69 Å². The molecule has 6 heteroatoms. The number of hydrogen-bond acceptors (Lipinski definition) is 5. The van der Waals surface area contributed by atoms with Gasteiger partial charge in [-0.05, 0) is 32.9 Å². The standard InChI is InChI=1S/C18H25N5O/c1-13(2)21-18(24)14(3)22-8-10-23(11-9-22)17-15-6-4-5-7-16(15)19-12-20-17/h4-7,12-14H,8-11H2,1-3H3,(H,21,24). The van der Waals surface area contributed by atoms with Crippen molar-refractivity contribution in [1.29, 1.82) is 0 Å². The molecule has 1 unspecified atom stereocenters. The Morgan fingerprint density at radius 1 is 1.08 bits per heavy atom. The van der Waals surface area contributed by atoms with Crippen molar-refractivity contribution in [1.82, 2.24) is 20.2 Å². The van der Waals surface area contributed by atoms with E-state index in [2.05, 4.69) is 31.2 Å². The second-order valence-corrected chi connectivity index (χ2v) is 6.58. The van der Waals surface area contributed by atoms with E-state index in [1.807, 2.05) is 39.0 Å².